The van der Waals surface area contributed by atoms with Gasteiger partial charge in [0.25, 0.3) is 0 Å². The first-order valence-electron chi connectivity index (χ1n) is 9.18. The molecule has 1 atom stereocenters. The van der Waals surface area contributed by atoms with E-state index in [1.165, 1.54) is 0 Å². The zero-order valence-electron chi connectivity index (χ0n) is 15.9. The average molecular weight is 367 g/mol. The summed E-state index contributed by atoms with van der Waals surface area (Å²) >= 11 is 0. The lowest BCUT2D eigenvalue weighted by atomic mass is 9.98. The molecule has 0 bridgehead atoms. The topological polar surface area (TPSA) is 66.8 Å². The van der Waals surface area contributed by atoms with Crippen molar-refractivity contribution in [3.05, 3.63) is 59.7 Å². The van der Waals surface area contributed by atoms with Crippen LogP contribution in [-0.4, -0.2) is 34.2 Å². The summed E-state index contributed by atoms with van der Waals surface area (Å²) in [6, 6.07) is 14.9. The van der Waals surface area contributed by atoms with Crippen molar-refractivity contribution in [2.75, 3.05) is 6.54 Å². The first kappa shape index (κ1) is 19.0. The molecule has 3 rings (SSSR count). The predicted molar refractivity (Wildman–Crippen MR) is 104 cm³/mol. The Morgan fingerprint density at radius 3 is 2.41 bits per heavy atom. The first-order chi connectivity index (χ1) is 12.7. The molecular weight excluding hydrogens is 342 g/mol. The quantitative estimate of drug-likeness (QED) is 0.817. The number of likely N-dealkylation sites (tertiary alicyclic amines) is 1. The van der Waals surface area contributed by atoms with Gasteiger partial charge in [-0.3, -0.25) is 0 Å². The Balaban J connectivity index is 1.79. The molecule has 0 aromatic heterocycles. The molecule has 142 valence electrons. The van der Waals surface area contributed by atoms with Crippen LogP contribution in [0, 0.1) is 0 Å². The van der Waals surface area contributed by atoms with Crippen LogP contribution in [0.5, 0.6) is 0 Å². The van der Waals surface area contributed by atoms with Gasteiger partial charge in [-0.1, -0.05) is 36.4 Å². The zero-order chi connectivity index (χ0) is 19.6. The van der Waals surface area contributed by atoms with Gasteiger partial charge in [0.05, 0.1) is 11.6 Å². The Morgan fingerprint density at radius 1 is 1.07 bits per heavy atom. The van der Waals surface area contributed by atoms with Crippen molar-refractivity contribution in [1.29, 1.82) is 0 Å². The number of carbonyl (C=O) groups is 2. The van der Waals surface area contributed by atoms with Crippen LogP contribution in [0.3, 0.4) is 0 Å². The lowest BCUT2D eigenvalue weighted by Gasteiger charge is -2.29. The minimum atomic E-state index is -0.938. The second-order valence-electron chi connectivity index (χ2n) is 7.84. The molecule has 1 heterocycles. The molecule has 2 aromatic carbocycles. The molecule has 1 aliphatic heterocycles. The zero-order valence-corrected chi connectivity index (χ0v) is 15.9. The van der Waals surface area contributed by atoms with Gasteiger partial charge >= 0.3 is 12.1 Å². The fourth-order valence-electron chi connectivity index (χ4n) is 3.38. The number of nitrogens with zero attached hydrogens (tertiary/aromatic N) is 1. The Hall–Kier alpha value is -2.82. The average Bonchev–Trinajstić information content (AvgIpc) is 3.10. The highest BCUT2D eigenvalue weighted by Crippen LogP contribution is 2.34. The molecule has 0 aliphatic carbocycles. The summed E-state index contributed by atoms with van der Waals surface area (Å²) in [7, 11) is 0. The van der Waals surface area contributed by atoms with Gasteiger partial charge in [-0.15, -0.1) is 0 Å². The third-order valence-corrected chi connectivity index (χ3v) is 4.62. The number of ether oxygens (including phenoxy) is 1. The number of aromatic carboxylic acids is 1. The second-order valence-corrected chi connectivity index (χ2v) is 7.84. The van der Waals surface area contributed by atoms with E-state index < -0.39 is 11.6 Å². The van der Waals surface area contributed by atoms with E-state index in [0.717, 1.165) is 29.5 Å². The van der Waals surface area contributed by atoms with Crippen molar-refractivity contribution in [1.82, 2.24) is 4.90 Å². The van der Waals surface area contributed by atoms with Crippen LogP contribution in [-0.2, 0) is 4.74 Å². The van der Waals surface area contributed by atoms with Crippen molar-refractivity contribution in [3.8, 4) is 11.1 Å². The molecule has 27 heavy (non-hydrogen) atoms. The summed E-state index contributed by atoms with van der Waals surface area (Å²) in [5, 5.41) is 9.16. The van der Waals surface area contributed by atoms with E-state index in [1.54, 1.807) is 23.1 Å². The van der Waals surface area contributed by atoms with Gasteiger partial charge < -0.3 is 14.7 Å². The van der Waals surface area contributed by atoms with Crippen molar-refractivity contribution < 1.29 is 19.4 Å². The van der Waals surface area contributed by atoms with Gasteiger partial charge in [0.2, 0.25) is 0 Å². The largest absolute Gasteiger partial charge is 0.478 e. The highest BCUT2D eigenvalue weighted by atomic mass is 16.6. The molecule has 0 radical (unpaired) electrons. The molecule has 0 saturated carbocycles. The Labute approximate surface area is 159 Å². The maximum Gasteiger partial charge on any atom is 0.410 e. The summed E-state index contributed by atoms with van der Waals surface area (Å²) < 4.78 is 5.53. The van der Waals surface area contributed by atoms with Crippen LogP contribution in [0.2, 0.25) is 0 Å². The minimum Gasteiger partial charge on any atom is -0.478 e. The van der Waals surface area contributed by atoms with Gasteiger partial charge in [0, 0.05) is 6.54 Å². The van der Waals surface area contributed by atoms with Gasteiger partial charge in [-0.2, -0.15) is 0 Å². The van der Waals surface area contributed by atoms with E-state index in [0.29, 0.717) is 6.54 Å². The summed E-state index contributed by atoms with van der Waals surface area (Å²) in [4.78, 5) is 25.4. The summed E-state index contributed by atoms with van der Waals surface area (Å²) in [6.07, 6.45) is 1.59. The van der Waals surface area contributed by atoms with Crippen LogP contribution in [0.4, 0.5) is 4.79 Å². The van der Waals surface area contributed by atoms with Crippen LogP contribution in [0.25, 0.3) is 11.1 Å². The standard InChI is InChI=1S/C22H25NO4/c1-22(2,3)27-21(26)23-13-5-8-19(23)16-11-9-15(10-12-16)17-6-4-7-18(14-17)20(24)25/h4,6-7,9-12,14,19H,5,8,13H2,1-3H3,(H,24,25)/t19-/m0/s1. The van der Waals surface area contributed by atoms with Crippen molar-refractivity contribution in [2.24, 2.45) is 0 Å². The van der Waals surface area contributed by atoms with Crippen LogP contribution in [0.15, 0.2) is 48.5 Å². The third-order valence-electron chi connectivity index (χ3n) is 4.62. The second kappa shape index (κ2) is 7.43. The van der Waals surface area contributed by atoms with E-state index in [9.17, 15) is 9.59 Å². The van der Waals surface area contributed by atoms with E-state index >= 15 is 0 Å². The van der Waals surface area contributed by atoms with Gasteiger partial charge in [0.1, 0.15) is 5.60 Å². The number of benzene rings is 2. The Bertz CT molecular complexity index is 836. The van der Waals surface area contributed by atoms with Gasteiger partial charge in [0.15, 0.2) is 0 Å². The number of carboxylic acid groups (broad SMARTS) is 1. The fraction of sp³-hybridized carbons (Fsp3) is 0.364. The fourth-order valence-corrected chi connectivity index (χ4v) is 3.38. The van der Waals surface area contributed by atoms with E-state index in [-0.39, 0.29) is 17.7 Å². The molecule has 1 saturated heterocycles. The number of carboxylic acids is 1. The maximum atomic E-state index is 12.5. The van der Waals surface area contributed by atoms with E-state index in [1.807, 2.05) is 51.1 Å². The monoisotopic (exact) mass is 367 g/mol. The lowest BCUT2D eigenvalue weighted by molar-refractivity contribution is 0.0224. The molecule has 2 aromatic rings. The summed E-state index contributed by atoms with van der Waals surface area (Å²) in [5.74, 6) is -0.938. The van der Waals surface area contributed by atoms with Crippen LogP contribution >= 0.6 is 0 Å². The molecule has 1 aliphatic rings. The Kier molecular flexibility index (Phi) is 5.22. The SMILES string of the molecule is CC(C)(C)OC(=O)N1CCC[C@H]1c1ccc(-c2cccc(C(=O)O)c2)cc1. The number of carbonyl (C=O) groups excluding carboxylic acids is 1. The van der Waals surface area contributed by atoms with Crippen LogP contribution < -0.4 is 0 Å². The number of amides is 1. The third kappa shape index (κ3) is 4.48. The Morgan fingerprint density at radius 2 is 1.78 bits per heavy atom. The molecule has 5 heteroatoms. The molecule has 1 amide bonds. The molecule has 5 nitrogen and oxygen atoms in total. The van der Waals surface area contributed by atoms with Crippen LogP contribution in [0.1, 0.15) is 55.6 Å². The molecular formula is C22H25NO4. The molecule has 1 fully saturated rings. The first-order valence-corrected chi connectivity index (χ1v) is 9.18. The number of hydrogen-bond acceptors (Lipinski definition) is 3. The van der Waals surface area contributed by atoms with Crippen molar-refractivity contribution in [3.63, 3.8) is 0 Å². The molecule has 0 spiro atoms. The number of rotatable bonds is 3. The molecule has 1 N–H and O–H groups in total. The van der Waals surface area contributed by atoms with Gasteiger partial charge in [-0.05, 0) is 62.4 Å². The summed E-state index contributed by atoms with van der Waals surface area (Å²) in [5.41, 5.74) is 2.63. The highest BCUT2D eigenvalue weighted by Gasteiger charge is 2.33. The normalized spacial score (nSPS) is 17.0. The van der Waals surface area contributed by atoms with Crippen molar-refractivity contribution >= 4 is 12.1 Å². The van der Waals surface area contributed by atoms with E-state index in [4.69, 9.17) is 9.84 Å². The maximum absolute atomic E-state index is 12.5. The number of hydrogen-bond donors (Lipinski definition) is 1. The lowest BCUT2D eigenvalue weighted by Crippen LogP contribution is -2.36. The summed E-state index contributed by atoms with van der Waals surface area (Å²) in [6.45, 7) is 6.31. The molecule has 0 unspecified atom stereocenters. The van der Waals surface area contributed by atoms with E-state index in [2.05, 4.69) is 0 Å². The smallest absolute Gasteiger partial charge is 0.410 e. The predicted octanol–water partition coefficient (Wildman–Crippen LogP) is 5.12. The minimum absolute atomic E-state index is 0.0132. The van der Waals surface area contributed by atoms with Crippen molar-refractivity contribution in [2.45, 2.75) is 45.3 Å². The van der Waals surface area contributed by atoms with Gasteiger partial charge in [-0.25, -0.2) is 9.59 Å². The highest BCUT2D eigenvalue weighted by molar-refractivity contribution is 5.89.